The van der Waals surface area contributed by atoms with E-state index in [2.05, 4.69) is 79.7 Å². The van der Waals surface area contributed by atoms with Gasteiger partial charge in [0, 0.05) is 5.41 Å². The quantitative estimate of drug-likeness (QED) is 0.458. The van der Waals surface area contributed by atoms with Crippen molar-refractivity contribution in [2.45, 2.75) is 99.3 Å². The number of rotatable bonds is 8. The van der Waals surface area contributed by atoms with Crippen molar-refractivity contribution in [2.24, 2.45) is 0 Å². The Morgan fingerprint density at radius 1 is 0.481 bits per heavy atom. The third-order valence-corrected chi connectivity index (χ3v) is 6.58. The van der Waals surface area contributed by atoms with Gasteiger partial charge in [-0.2, -0.15) is 0 Å². The summed E-state index contributed by atoms with van der Waals surface area (Å²) in [5.41, 5.74) is 12.5. The average Bonchev–Trinajstić information content (AvgIpc) is 2.70. The molecule has 0 N–H and O–H groups in total. The fourth-order valence-corrected chi connectivity index (χ4v) is 5.15. The van der Waals surface area contributed by atoms with Gasteiger partial charge < -0.3 is 0 Å². The molecule has 0 spiro atoms. The van der Waals surface area contributed by atoms with E-state index >= 15 is 0 Å². The summed E-state index contributed by atoms with van der Waals surface area (Å²) in [5.74, 6) is 0. The van der Waals surface area contributed by atoms with Gasteiger partial charge in [-0.25, -0.2) is 0 Å². The molecule has 0 heteroatoms. The van der Waals surface area contributed by atoms with Crippen molar-refractivity contribution in [3.8, 4) is 0 Å². The fourth-order valence-electron chi connectivity index (χ4n) is 5.15. The minimum atomic E-state index is 0.0308. The van der Waals surface area contributed by atoms with Crippen LogP contribution in [0.25, 0.3) is 0 Å². The second-order valence-corrected chi connectivity index (χ2v) is 8.21. The van der Waals surface area contributed by atoms with Gasteiger partial charge in [0.15, 0.2) is 0 Å². The van der Waals surface area contributed by atoms with Crippen LogP contribution in [0.3, 0.4) is 0 Å². The van der Waals surface area contributed by atoms with Crippen LogP contribution in [0.5, 0.6) is 0 Å². The van der Waals surface area contributed by atoms with Gasteiger partial charge in [0.05, 0.1) is 0 Å². The lowest BCUT2D eigenvalue weighted by Crippen LogP contribution is -2.25. The van der Waals surface area contributed by atoms with Crippen LogP contribution in [0.4, 0.5) is 0 Å². The molecule has 0 saturated heterocycles. The van der Waals surface area contributed by atoms with Gasteiger partial charge in [-0.05, 0) is 83.0 Å². The largest absolute Gasteiger partial charge is 0.0613 e. The van der Waals surface area contributed by atoms with Crippen LogP contribution >= 0.6 is 0 Å². The Balaban J connectivity index is 2.76. The zero-order valence-electron chi connectivity index (χ0n) is 19.1. The molecule has 0 aliphatic carbocycles. The average molecular weight is 365 g/mol. The first-order valence-corrected chi connectivity index (χ1v) is 11.2. The van der Waals surface area contributed by atoms with Crippen LogP contribution in [0.15, 0.2) is 24.3 Å². The molecule has 0 unspecified atom stereocenters. The topological polar surface area (TPSA) is 0 Å². The first-order valence-electron chi connectivity index (χ1n) is 11.2. The molecule has 0 saturated carbocycles. The molecule has 0 radical (unpaired) electrons. The van der Waals surface area contributed by atoms with Crippen LogP contribution in [-0.4, -0.2) is 0 Å². The molecule has 0 aromatic heterocycles. The first-order chi connectivity index (χ1) is 12.9. The summed E-state index contributed by atoms with van der Waals surface area (Å²) in [4.78, 5) is 0. The lowest BCUT2D eigenvalue weighted by molar-refractivity contribution is 0.619. The van der Waals surface area contributed by atoms with Crippen molar-refractivity contribution >= 4 is 0 Å². The SMILES string of the molecule is CCc1ccc(C(C)(C)c2ccc(CC)c(CC)c2CC)c(CC)c1CC. The lowest BCUT2D eigenvalue weighted by atomic mass is 9.70. The highest BCUT2D eigenvalue weighted by Gasteiger charge is 2.30. The summed E-state index contributed by atoms with van der Waals surface area (Å²) < 4.78 is 0. The van der Waals surface area contributed by atoms with Crippen molar-refractivity contribution < 1.29 is 0 Å². The van der Waals surface area contributed by atoms with E-state index in [4.69, 9.17) is 0 Å². The van der Waals surface area contributed by atoms with E-state index in [1.165, 1.54) is 22.3 Å². The van der Waals surface area contributed by atoms with E-state index in [-0.39, 0.29) is 5.41 Å². The highest BCUT2D eigenvalue weighted by atomic mass is 14.3. The maximum Gasteiger partial charge on any atom is 0.0152 e. The summed E-state index contributed by atoms with van der Waals surface area (Å²) in [6.07, 6.45) is 6.75. The number of hydrogen-bond acceptors (Lipinski definition) is 0. The summed E-state index contributed by atoms with van der Waals surface area (Å²) in [6, 6.07) is 9.63. The van der Waals surface area contributed by atoms with E-state index in [9.17, 15) is 0 Å². The van der Waals surface area contributed by atoms with Crippen molar-refractivity contribution in [1.82, 2.24) is 0 Å². The minimum Gasteiger partial charge on any atom is -0.0613 e. The Bertz CT molecular complexity index is 712. The zero-order chi connectivity index (χ0) is 20.2. The Morgan fingerprint density at radius 2 is 0.815 bits per heavy atom. The van der Waals surface area contributed by atoms with Gasteiger partial charge >= 0.3 is 0 Å². The predicted molar refractivity (Wildman–Crippen MR) is 121 cm³/mol. The van der Waals surface area contributed by atoms with Crippen molar-refractivity contribution in [3.05, 3.63) is 68.8 Å². The summed E-state index contributed by atoms with van der Waals surface area (Å²) >= 11 is 0. The van der Waals surface area contributed by atoms with Crippen molar-refractivity contribution in [2.75, 3.05) is 0 Å². The van der Waals surface area contributed by atoms with Crippen molar-refractivity contribution in [3.63, 3.8) is 0 Å². The molecule has 0 atom stereocenters. The zero-order valence-corrected chi connectivity index (χ0v) is 19.1. The minimum absolute atomic E-state index is 0.0308. The smallest absolute Gasteiger partial charge is 0.0152 e. The molecule has 0 heterocycles. The molecule has 27 heavy (non-hydrogen) atoms. The number of hydrogen-bond donors (Lipinski definition) is 0. The summed E-state index contributed by atoms with van der Waals surface area (Å²) in [5, 5.41) is 0. The molecular weight excluding hydrogens is 324 g/mol. The number of aryl methyl sites for hydroxylation is 2. The van der Waals surface area contributed by atoms with Crippen LogP contribution in [0, 0.1) is 0 Å². The van der Waals surface area contributed by atoms with Gasteiger partial charge in [-0.3, -0.25) is 0 Å². The molecular formula is C27H40. The molecule has 2 aromatic rings. The van der Waals surface area contributed by atoms with Crippen LogP contribution in [-0.2, 0) is 43.9 Å². The second-order valence-electron chi connectivity index (χ2n) is 8.21. The summed E-state index contributed by atoms with van der Waals surface area (Å²) in [7, 11) is 0. The van der Waals surface area contributed by atoms with E-state index in [0.29, 0.717) is 0 Å². The molecule has 148 valence electrons. The maximum atomic E-state index is 2.44. The molecule has 0 bridgehead atoms. The summed E-state index contributed by atoms with van der Waals surface area (Å²) in [6.45, 7) is 18.7. The van der Waals surface area contributed by atoms with Gasteiger partial charge in [0.2, 0.25) is 0 Å². The van der Waals surface area contributed by atoms with Crippen molar-refractivity contribution in [1.29, 1.82) is 0 Å². The molecule has 0 aliphatic rings. The van der Waals surface area contributed by atoms with E-state index in [0.717, 1.165) is 38.5 Å². The molecule has 0 aliphatic heterocycles. The standard InChI is InChI=1S/C27H40/c1-9-19-15-17-25(23(13-5)21(19)11-3)27(7,8)26-18-16-20(10-2)22(12-4)24(26)14-6/h15-18H,9-14H2,1-8H3. The lowest BCUT2D eigenvalue weighted by Gasteiger charge is -2.33. The second kappa shape index (κ2) is 9.09. The highest BCUT2D eigenvalue weighted by Crippen LogP contribution is 2.40. The molecule has 2 aromatic carbocycles. The Labute approximate surface area is 168 Å². The Morgan fingerprint density at radius 3 is 1.07 bits per heavy atom. The van der Waals surface area contributed by atoms with Gasteiger partial charge in [0.25, 0.3) is 0 Å². The molecule has 0 nitrogen and oxygen atoms in total. The van der Waals surface area contributed by atoms with Gasteiger partial charge in [-0.1, -0.05) is 79.7 Å². The van der Waals surface area contributed by atoms with E-state index in [1.807, 2.05) is 0 Å². The Kier molecular flexibility index (Phi) is 7.32. The third-order valence-electron chi connectivity index (χ3n) is 6.58. The highest BCUT2D eigenvalue weighted by molar-refractivity contribution is 5.53. The normalized spacial score (nSPS) is 11.9. The van der Waals surface area contributed by atoms with Gasteiger partial charge in [0.1, 0.15) is 0 Å². The van der Waals surface area contributed by atoms with Crippen LogP contribution in [0.2, 0.25) is 0 Å². The van der Waals surface area contributed by atoms with E-state index < -0.39 is 0 Å². The third kappa shape index (κ3) is 3.86. The first kappa shape index (κ1) is 21.7. The fraction of sp³-hybridized carbons (Fsp3) is 0.556. The predicted octanol–water partition coefficient (Wildman–Crippen LogP) is 7.39. The molecule has 0 amide bonds. The number of benzene rings is 2. The van der Waals surface area contributed by atoms with E-state index in [1.54, 1.807) is 22.3 Å². The van der Waals surface area contributed by atoms with Gasteiger partial charge in [-0.15, -0.1) is 0 Å². The van der Waals surface area contributed by atoms with Crippen LogP contribution in [0.1, 0.15) is 99.9 Å². The monoisotopic (exact) mass is 364 g/mol. The Hall–Kier alpha value is -1.56. The molecule has 0 fully saturated rings. The van der Waals surface area contributed by atoms with Crippen LogP contribution < -0.4 is 0 Å². The maximum absolute atomic E-state index is 2.44. The molecule has 2 rings (SSSR count).